The number of carbonyl (C=O) groups is 2. The minimum absolute atomic E-state index is 0.0198. The van der Waals surface area contributed by atoms with Crippen LogP contribution in [0.25, 0.3) is 32.9 Å². The van der Waals surface area contributed by atoms with E-state index in [0.29, 0.717) is 37.1 Å². The summed E-state index contributed by atoms with van der Waals surface area (Å²) in [4.78, 5) is 42.7. The second kappa shape index (κ2) is 13.3. The van der Waals surface area contributed by atoms with Crippen LogP contribution in [0.15, 0.2) is 30.5 Å². The number of carbonyl (C=O) groups excluding carboxylic acids is 2. The number of halogens is 2. The number of amides is 1. The molecule has 0 aliphatic carbocycles. The van der Waals surface area contributed by atoms with Crippen LogP contribution >= 0.6 is 0 Å². The Kier molecular flexibility index (Phi) is 9.13. The maximum absolute atomic E-state index is 16.5. The van der Waals surface area contributed by atoms with Crippen LogP contribution in [-0.4, -0.2) is 88.7 Å². The molecule has 0 saturated carbocycles. The molecule has 6 rings (SSSR count). The molecule has 2 aliphatic rings. The van der Waals surface area contributed by atoms with Gasteiger partial charge in [0.15, 0.2) is 5.82 Å². The molecule has 2 aromatic carbocycles. The molecule has 2 bridgehead atoms. The topological polar surface area (TPSA) is 139 Å². The molecule has 256 valence electrons. The van der Waals surface area contributed by atoms with E-state index in [2.05, 4.69) is 26.2 Å². The predicted octanol–water partition coefficient (Wildman–Crippen LogP) is 4.74. The number of hydrogen-bond acceptors (Lipinski definition) is 11. The Morgan fingerprint density at radius 1 is 1.10 bits per heavy atom. The number of aromatic nitrogens is 3. The molecule has 0 spiro atoms. The summed E-state index contributed by atoms with van der Waals surface area (Å²) in [5.74, 6) is 0.456. The molecule has 4 atom stereocenters. The van der Waals surface area contributed by atoms with Crippen LogP contribution < -0.4 is 15.0 Å². The fourth-order valence-corrected chi connectivity index (χ4v) is 6.86. The number of esters is 1. The minimum atomic E-state index is -1.10. The maximum atomic E-state index is 16.5. The van der Waals surface area contributed by atoms with E-state index in [1.165, 1.54) is 44.5 Å². The zero-order valence-electron chi connectivity index (χ0n) is 27.7. The van der Waals surface area contributed by atoms with Crippen LogP contribution in [0.2, 0.25) is 0 Å². The number of likely N-dealkylation sites (N-methyl/N-ethyl adjacent to an activating group) is 1. The van der Waals surface area contributed by atoms with Gasteiger partial charge in [-0.25, -0.2) is 13.6 Å². The van der Waals surface area contributed by atoms with Gasteiger partial charge in [-0.1, -0.05) is 25.8 Å². The molecule has 3 unspecified atom stereocenters. The fourth-order valence-electron chi connectivity index (χ4n) is 6.86. The Labute approximate surface area is 281 Å². The Morgan fingerprint density at radius 2 is 1.82 bits per heavy atom. The molecule has 2 saturated heterocycles. The Bertz CT molecular complexity index is 1990. The molecule has 4 heterocycles. The monoisotopic (exact) mass is 674 g/mol. The molecule has 1 amide bonds. The van der Waals surface area contributed by atoms with Crippen molar-refractivity contribution in [3.05, 3.63) is 47.7 Å². The molecule has 0 radical (unpaired) electrons. The number of anilines is 1. The molecule has 2 fully saturated rings. The SMILES string of the molecule is C#Cc1c(F)ccc2cc(O)cc(-c3ncc4c(N5CC6CCC(C5)N6C(=O)OC(C)OC(=O)[C@@H](NC)C(C)C)nc(OC)nc4c3F)c12. The van der Waals surface area contributed by atoms with E-state index in [1.807, 2.05) is 18.7 Å². The Morgan fingerprint density at radius 3 is 2.45 bits per heavy atom. The number of ether oxygens (including phenoxy) is 3. The lowest BCUT2D eigenvalue weighted by molar-refractivity contribution is -0.170. The number of benzene rings is 2. The summed E-state index contributed by atoms with van der Waals surface area (Å²) in [6.45, 7) is 5.94. The van der Waals surface area contributed by atoms with E-state index < -0.39 is 36.0 Å². The number of methoxy groups -OCH3 is 1. The van der Waals surface area contributed by atoms with E-state index in [9.17, 15) is 19.1 Å². The van der Waals surface area contributed by atoms with E-state index in [-0.39, 0.29) is 62.9 Å². The quantitative estimate of drug-likeness (QED) is 0.152. The van der Waals surface area contributed by atoms with Crippen LogP contribution in [0.5, 0.6) is 11.8 Å². The van der Waals surface area contributed by atoms with Gasteiger partial charge in [0.1, 0.15) is 34.6 Å². The Balaban J connectivity index is 1.30. The highest BCUT2D eigenvalue weighted by Crippen LogP contribution is 2.40. The normalized spacial score (nSPS) is 18.4. The molecule has 14 heteroatoms. The summed E-state index contributed by atoms with van der Waals surface area (Å²) in [5.41, 5.74) is -0.296. The summed E-state index contributed by atoms with van der Waals surface area (Å²) < 4.78 is 47.5. The second-order valence-electron chi connectivity index (χ2n) is 12.5. The number of fused-ring (bicyclic) bond motifs is 4. The van der Waals surface area contributed by atoms with Gasteiger partial charge in [0.25, 0.3) is 0 Å². The van der Waals surface area contributed by atoms with Crippen LogP contribution in [0.3, 0.4) is 0 Å². The molecule has 12 nitrogen and oxygen atoms in total. The largest absolute Gasteiger partial charge is 0.508 e. The predicted molar refractivity (Wildman–Crippen MR) is 177 cm³/mol. The number of terminal acetylenes is 1. The number of aromatic hydroxyl groups is 1. The van der Waals surface area contributed by atoms with Crippen molar-refractivity contribution >= 4 is 39.6 Å². The molecular formula is C35H36F2N6O6. The van der Waals surface area contributed by atoms with Gasteiger partial charge in [-0.2, -0.15) is 9.97 Å². The molecule has 49 heavy (non-hydrogen) atoms. The average molecular weight is 675 g/mol. The molecule has 4 aromatic rings. The Hall–Kier alpha value is -5.29. The lowest BCUT2D eigenvalue weighted by Gasteiger charge is -2.41. The first-order valence-corrected chi connectivity index (χ1v) is 15.9. The van der Waals surface area contributed by atoms with Crippen molar-refractivity contribution in [2.24, 2.45) is 5.92 Å². The zero-order chi connectivity index (χ0) is 35.1. The number of phenolic OH excluding ortho intramolecular Hbond substituents is 1. The van der Waals surface area contributed by atoms with Crippen molar-refractivity contribution in [3.8, 4) is 35.4 Å². The number of nitrogens with zero attached hydrogens (tertiary/aromatic N) is 5. The smallest absolute Gasteiger partial charge is 0.413 e. The number of phenols is 1. The highest BCUT2D eigenvalue weighted by molar-refractivity contribution is 6.03. The number of pyridine rings is 1. The number of piperazine rings is 1. The molecular weight excluding hydrogens is 638 g/mol. The second-order valence-corrected chi connectivity index (χ2v) is 12.5. The van der Waals surface area contributed by atoms with Crippen LogP contribution in [0, 0.1) is 29.9 Å². The van der Waals surface area contributed by atoms with Crippen molar-refractivity contribution < 1.29 is 37.7 Å². The van der Waals surface area contributed by atoms with E-state index >= 15 is 4.39 Å². The standard InChI is InChI=1S/C35H36F2N6O6/c1-7-23-26(36)11-8-19-12-22(44)13-24(27(19)23)30-28(37)31-25(14-39-30)32(41-34(40-31)47-6)42-15-20-9-10-21(16-42)43(20)35(46)49-18(4)48-33(45)29(38-5)17(2)3/h1,8,11-14,17-18,20-21,29,38,44H,9-10,15-16H2,2-6H3/t18?,20?,21?,29-/m0/s1. The van der Waals surface area contributed by atoms with Gasteiger partial charge >= 0.3 is 18.1 Å². The van der Waals surface area contributed by atoms with Crippen LogP contribution in [0.4, 0.5) is 19.4 Å². The number of hydrogen-bond donors (Lipinski definition) is 2. The molecule has 2 N–H and O–H groups in total. The van der Waals surface area contributed by atoms with E-state index in [4.69, 9.17) is 20.6 Å². The summed E-state index contributed by atoms with van der Waals surface area (Å²) in [6.07, 6.45) is 6.74. The minimum Gasteiger partial charge on any atom is -0.508 e. The third-order valence-corrected chi connectivity index (χ3v) is 9.05. The van der Waals surface area contributed by atoms with Crippen molar-refractivity contribution in [2.45, 2.75) is 58.0 Å². The average Bonchev–Trinajstić information content (AvgIpc) is 3.33. The summed E-state index contributed by atoms with van der Waals surface area (Å²) in [6, 6.07) is 4.14. The van der Waals surface area contributed by atoms with Gasteiger partial charge in [-0.3, -0.25) is 14.7 Å². The van der Waals surface area contributed by atoms with Crippen molar-refractivity contribution in [2.75, 3.05) is 32.1 Å². The van der Waals surface area contributed by atoms with Gasteiger partial charge in [-0.15, -0.1) is 6.42 Å². The fraction of sp³-hybridized carbons (Fsp3) is 0.400. The van der Waals surface area contributed by atoms with E-state index in [1.54, 1.807) is 11.9 Å². The van der Waals surface area contributed by atoms with Gasteiger partial charge in [0.05, 0.1) is 30.1 Å². The highest BCUT2D eigenvalue weighted by Gasteiger charge is 2.45. The van der Waals surface area contributed by atoms with Crippen LogP contribution in [0.1, 0.15) is 39.2 Å². The third-order valence-electron chi connectivity index (χ3n) is 9.05. The van der Waals surface area contributed by atoms with Gasteiger partial charge in [0, 0.05) is 37.2 Å². The first kappa shape index (κ1) is 33.6. The van der Waals surface area contributed by atoms with Crippen molar-refractivity contribution in [3.63, 3.8) is 0 Å². The van der Waals surface area contributed by atoms with Gasteiger partial charge in [0.2, 0.25) is 6.29 Å². The number of nitrogens with one attached hydrogen (secondary N) is 1. The van der Waals surface area contributed by atoms with Gasteiger partial charge in [-0.05, 0) is 49.4 Å². The zero-order valence-corrected chi connectivity index (χ0v) is 27.7. The third kappa shape index (κ3) is 6.10. The first-order chi connectivity index (χ1) is 23.4. The summed E-state index contributed by atoms with van der Waals surface area (Å²) in [7, 11) is 3.02. The van der Waals surface area contributed by atoms with Crippen molar-refractivity contribution in [1.82, 2.24) is 25.2 Å². The molecule has 2 aromatic heterocycles. The summed E-state index contributed by atoms with van der Waals surface area (Å²) in [5, 5.41) is 14.3. The first-order valence-electron chi connectivity index (χ1n) is 15.9. The lowest BCUT2D eigenvalue weighted by atomic mass is 9.96. The molecule has 2 aliphatic heterocycles. The maximum Gasteiger partial charge on any atom is 0.413 e. The van der Waals surface area contributed by atoms with Gasteiger partial charge < -0.3 is 29.5 Å². The number of rotatable bonds is 8. The van der Waals surface area contributed by atoms with Crippen molar-refractivity contribution in [1.29, 1.82) is 0 Å². The van der Waals surface area contributed by atoms with E-state index in [0.717, 1.165) is 0 Å². The van der Waals surface area contributed by atoms with Crippen LogP contribution in [-0.2, 0) is 14.3 Å². The lowest BCUT2D eigenvalue weighted by Crippen LogP contribution is -2.56. The highest BCUT2D eigenvalue weighted by atomic mass is 19.1. The summed E-state index contributed by atoms with van der Waals surface area (Å²) >= 11 is 0.